The Morgan fingerprint density at radius 3 is 2.45 bits per heavy atom. The summed E-state index contributed by atoms with van der Waals surface area (Å²) in [7, 11) is 0. The van der Waals surface area contributed by atoms with Crippen molar-refractivity contribution in [2.75, 3.05) is 36.4 Å². The lowest BCUT2D eigenvalue weighted by atomic mass is 10.00. The average molecular weight is 487 g/mol. The molecule has 2 aliphatic heterocycles. The van der Waals surface area contributed by atoms with Crippen LogP contribution in [0.15, 0.2) is 36.4 Å². The number of benzene rings is 2. The first-order chi connectivity index (χ1) is 15.9. The van der Waals surface area contributed by atoms with Crippen LogP contribution >= 0.6 is 23.2 Å². The van der Waals surface area contributed by atoms with Gasteiger partial charge in [-0.15, -0.1) is 0 Å². The minimum atomic E-state index is -0.571. The predicted molar refractivity (Wildman–Crippen MR) is 128 cm³/mol. The van der Waals surface area contributed by atoms with E-state index < -0.39 is 6.04 Å². The number of anilines is 2. The van der Waals surface area contributed by atoms with Crippen molar-refractivity contribution in [2.45, 2.75) is 25.3 Å². The highest BCUT2D eigenvalue weighted by atomic mass is 35.5. The third-order valence-electron chi connectivity index (χ3n) is 6.36. The van der Waals surface area contributed by atoms with Gasteiger partial charge in [0.1, 0.15) is 0 Å². The van der Waals surface area contributed by atoms with Gasteiger partial charge in [-0.05, 0) is 48.7 Å². The van der Waals surface area contributed by atoms with Crippen molar-refractivity contribution in [3.63, 3.8) is 0 Å². The Hall–Kier alpha value is -2.61. The number of hydrogen-bond acceptors (Lipinski definition) is 4. The van der Waals surface area contributed by atoms with Crippen LogP contribution in [-0.4, -0.2) is 48.8 Å². The lowest BCUT2D eigenvalue weighted by molar-refractivity contribution is -0.120. The fourth-order valence-corrected chi connectivity index (χ4v) is 5.02. The van der Waals surface area contributed by atoms with Crippen molar-refractivity contribution < 1.29 is 14.4 Å². The third kappa shape index (κ3) is 4.45. The second-order valence-electron chi connectivity index (χ2n) is 8.69. The molecule has 0 aromatic heterocycles. The van der Waals surface area contributed by atoms with E-state index in [2.05, 4.69) is 10.6 Å². The van der Waals surface area contributed by atoms with E-state index in [4.69, 9.17) is 23.2 Å². The van der Waals surface area contributed by atoms with Gasteiger partial charge in [-0.1, -0.05) is 29.3 Å². The number of piperazine rings is 1. The summed E-state index contributed by atoms with van der Waals surface area (Å²) >= 11 is 12.6. The van der Waals surface area contributed by atoms with Crippen molar-refractivity contribution in [3.8, 4) is 0 Å². The van der Waals surface area contributed by atoms with Crippen LogP contribution in [0.2, 0.25) is 10.0 Å². The minimum absolute atomic E-state index is 0.0371. The van der Waals surface area contributed by atoms with E-state index in [-0.39, 0.29) is 30.1 Å². The van der Waals surface area contributed by atoms with Crippen molar-refractivity contribution in [1.29, 1.82) is 0 Å². The van der Waals surface area contributed by atoms with E-state index in [1.54, 1.807) is 46.2 Å². The molecular weight excluding hydrogens is 463 g/mol. The molecule has 1 unspecified atom stereocenters. The van der Waals surface area contributed by atoms with Crippen LogP contribution in [0.25, 0.3) is 0 Å². The van der Waals surface area contributed by atoms with Gasteiger partial charge in [0.05, 0.1) is 23.8 Å². The van der Waals surface area contributed by atoms with Crippen LogP contribution in [0.5, 0.6) is 0 Å². The Morgan fingerprint density at radius 2 is 1.76 bits per heavy atom. The summed E-state index contributed by atoms with van der Waals surface area (Å²) in [6, 6.07) is 9.69. The van der Waals surface area contributed by atoms with E-state index >= 15 is 0 Å². The zero-order valence-electron chi connectivity index (χ0n) is 17.9. The van der Waals surface area contributed by atoms with E-state index in [1.165, 1.54) is 0 Å². The molecule has 1 aliphatic carbocycles. The van der Waals surface area contributed by atoms with Gasteiger partial charge in [0, 0.05) is 47.7 Å². The van der Waals surface area contributed by atoms with Gasteiger partial charge in [-0.2, -0.15) is 0 Å². The number of nitrogens with zero attached hydrogens (tertiary/aromatic N) is 2. The summed E-state index contributed by atoms with van der Waals surface area (Å²) in [6.45, 7) is 2.76. The molecule has 3 amide bonds. The lowest BCUT2D eigenvalue weighted by Crippen LogP contribution is -2.46. The number of rotatable bonds is 3. The first-order valence-corrected chi connectivity index (χ1v) is 11.9. The molecule has 1 atom stereocenters. The smallest absolute Gasteiger partial charge is 0.254 e. The number of halogens is 2. The molecule has 3 aliphatic rings. The first-order valence-electron chi connectivity index (χ1n) is 11.1. The SMILES string of the molecule is O=C1CC(c2ccc(Cl)cc2Cl)N(C(=O)C2CC2)c2ccc(C(=O)N3CCNCC3)cc2N1. The molecule has 2 N–H and O–H groups in total. The second kappa shape index (κ2) is 8.97. The maximum absolute atomic E-state index is 13.4. The maximum Gasteiger partial charge on any atom is 0.254 e. The Balaban J connectivity index is 1.57. The zero-order valence-corrected chi connectivity index (χ0v) is 19.5. The predicted octanol–water partition coefficient (Wildman–Crippen LogP) is 3.87. The zero-order chi connectivity index (χ0) is 23.1. The molecule has 2 aromatic rings. The van der Waals surface area contributed by atoms with Gasteiger partial charge in [0.15, 0.2) is 0 Å². The molecule has 1 saturated heterocycles. The van der Waals surface area contributed by atoms with Crippen LogP contribution in [0, 0.1) is 5.92 Å². The number of carbonyl (C=O) groups excluding carboxylic acids is 3. The largest absolute Gasteiger partial charge is 0.336 e. The summed E-state index contributed by atoms with van der Waals surface area (Å²) < 4.78 is 0. The quantitative estimate of drug-likeness (QED) is 0.689. The fourth-order valence-electron chi connectivity index (χ4n) is 4.49. The molecule has 2 fully saturated rings. The average Bonchev–Trinajstić information content (AvgIpc) is 3.65. The molecule has 1 saturated carbocycles. The maximum atomic E-state index is 13.4. The van der Waals surface area contributed by atoms with Crippen LogP contribution < -0.4 is 15.5 Å². The molecule has 2 heterocycles. The van der Waals surface area contributed by atoms with Crippen molar-refractivity contribution in [1.82, 2.24) is 10.2 Å². The monoisotopic (exact) mass is 486 g/mol. The van der Waals surface area contributed by atoms with Gasteiger partial charge in [-0.3, -0.25) is 14.4 Å². The molecular formula is C24H24Cl2N4O3. The highest BCUT2D eigenvalue weighted by Gasteiger charge is 2.41. The standard InChI is InChI=1S/C24H24Cl2N4O3/c25-16-4-5-17(18(26)12-16)21-13-22(31)28-19-11-15(23(32)29-9-7-27-8-10-29)3-6-20(19)30(21)24(33)14-1-2-14/h3-6,11-12,14,21,27H,1-2,7-10,13H2,(H,28,31). The van der Waals surface area contributed by atoms with Gasteiger partial charge in [0.25, 0.3) is 5.91 Å². The number of fused-ring (bicyclic) bond motifs is 1. The molecule has 0 bridgehead atoms. The fraction of sp³-hybridized carbons (Fsp3) is 0.375. The van der Waals surface area contributed by atoms with Gasteiger partial charge in [-0.25, -0.2) is 0 Å². The van der Waals surface area contributed by atoms with Crippen molar-refractivity contribution in [2.24, 2.45) is 5.92 Å². The Kier molecular flexibility index (Phi) is 6.03. The van der Waals surface area contributed by atoms with Gasteiger partial charge in [0.2, 0.25) is 11.8 Å². The Morgan fingerprint density at radius 1 is 1.00 bits per heavy atom. The van der Waals surface area contributed by atoms with E-state index in [9.17, 15) is 14.4 Å². The second-order valence-corrected chi connectivity index (χ2v) is 9.53. The van der Waals surface area contributed by atoms with Crippen LogP contribution in [0.1, 0.15) is 41.2 Å². The molecule has 0 spiro atoms. The van der Waals surface area contributed by atoms with Gasteiger partial charge < -0.3 is 20.4 Å². The number of carbonyl (C=O) groups is 3. The number of nitrogens with one attached hydrogen (secondary N) is 2. The lowest BCUT2D eigenvalue weighted by Gasteiger charge is -2.32. The van der Waals surface area contributed by atoms with Crippen LogP contribution in [0.4, 0.5) is 11.4 Å². The molecule has 33 heavy (non-hydrogen) atoms. The summed E-state index contributed by atoms with van der Waals surface area (Å²) in [6.07, 6.45) is 1.70. The van der Waals surface area contributed by atoms with E-state index in [0.717, 1.165) is 25.9 Å². The summed E-state index contributed by atoms with van der Waals surface area (Å²) in [5.41, 5.74) is 2.19. The number of hydrogen-bond donors (Lipinski definition) is 2. The molecule has 9 heteroatoms. The third-order valence-corrected chi connectivity index (χ3v) is 6.92. The van der Waals surface area contributed by atoms with E-state index in [0.29, 0.717) is 45.6 Å². The van der Waals surface area contributed by atoms with Crippen molar-refractivity contribution in [3.05, 3.63) is 57.6 Å². The molecule has 2 aromatic carbocycles. The highest BCUT2D eigenvalue weighted by Crippen LogP contribution is 2.44. The minimum Gasteiger partial charge on any atom is -0.336 e. The van der Waals surface area contributed by atoms with Gasteiger partial charge >= 0.3 is 0 Å². The highest BCUT2D eigenvalue weighted by molar-refractivity contribution is 6.35. The first kappa shape index (κ1) is 22.2. The summed E-state index contributed by atoms with van der Waals surface area (Å²) in [5.74, 6) is -0.438. The van der Waals surface area contributed by atoms with E-state index in [1.807, 2.05) is 0 Å². The summed E-state index contributed by atoms with van der Waals surface area (Å²) in [5, 5.41) is 7.03. The van der Waals surface area contributed by atoms with Crippen LogP contribution in [-0.2, 0) is 9.59 Å². The summed E-state index contributed by atoms with van der Waals surface area (Å²) in [4.78, 5) is 42.9. The molecule has 7 nitrogen and oxygen atoms in total. The van der Waals surface area contributed by atoms with Crippen molar-refractivity contribution >= 4 is 52.3 Å². The number of amides is 3. The molecule has 0 radical (unpaired) electrons. The Bertz CT molecular complexity index is 1130. The van der Waals surface area contributed by atoms with Crippen LogP contribution in [0.3, 0.4) is 0 Å². The normalized spacial score (nSPS) is 20.7. The molecule has 5 rings (SSSR count). The Labute approximate surface area is 202 Å². The topological polar surface area (TPSA) is 81.8 Å². The molecule has 172 valence electrons.